The molecule has 2 aromatic heterocycles. The van der Waals surface area contributed by atoms with Crippen molar-refractivity contribution in [2.45, 2.75) is 6.54 Å². The zero-order chi connectivity index (χ0) is 21.5. The average molecular weight is 444 g/mol. The van der Waals surface area contributed by atoms with Crippen LogP contribution in [0.3, 0.4) is 0 Å². The van der Waals surface area contributed by atoms with Gasteiger partial charge in [-0.25, -0.2) is 8.42 Å². The third-order valence-corrected chi connectivity index (χ3v) is 7.09. The second-order valence-corrected chi connectivity index (χ2v) is 9.99. The number of nitrogens with zero attached hydrogens (tertiary/aromatic N) is 5. The lowest BCUT2D eigenvalue weighted by atomic mass is 10.1. The molecule has 0 N–H and O–H groups in total. The first-order chi connectivity index (χ1) is 14.3. The molecule has 156 valence electrons. The molecule has 3 heterocycles. The number of hydrogen-bond donors (Lipinski definition) is 0. The minimum atomic E-state index is -3.14. The van der Waals surface area contributed by atoms with Crippen molar-refractivity contribution >= 4 is 32.5 Å². The molecule has 30 heavy (non-hydrogen) atoms. The molecule has 4 rings (SSSR count). The molecular formula is C21H22ClN5O2S. The number of aryl methyl sites for hydroxylation is 1. The molecule has 0 radical (unpaired) electrons. The second-order valence-electron chi connectivity index (χ2n) is 7.58. The van der Waals surface area contributed by atoms with Crippen LogP contribution < -0.4 is 0 Å². The smallest absolute Gasteiger partial charge is 0.211 e. The largest absolute Gasteiger partial charge is 0.342 e. The van der Waals surface area contributed by atoms with Crippen molar-refractivity contribution in [2.24, 2.45) is 7.05 Å². The first-order valence-corrected chi connectivity index (χ1v) is 11.8. The number of pyridine rings is 1. The standard InChI is InChI=1S/C21H22ClN5O2S/c1-25-20-10-17(22)3-4-18(20)19(11-23)21(25)16-9-15(12-24-13-16)14-26-5-7-27(8-6-26)30(2,28)29/h3-4,9-10,12-13H,5-8,14H2,1-2H3. The third-order valence-electron chi connectivity index (χ3n) is 5.55. The minimum absolute atomic E-state index is 0.495. The van der Waals surface area contributed by atoms with Crippen LogP contribution in [0.2, 0.25) is 5.02 Å². The van der Waals surface area contributed by atoms with E-state index in [1.54, 1.807) is 12.3 Å². The predicted molar refractivity (Wildman–Crippen MR) is 118 cm³/mol. The normalized spacial score (nSPS) is 16.1. The zero-order valence-corrected chi connectivity index (χ0v) is 18.4. The van der Waals surface area contributed by atoms with E-state index >= 15 is 0 Å². The number of nitriles is 1. The Labute approximate surface area is 181 Å². The molecule has 0 amide bonds. The van der Waals surface area contributed by atoms with Crippen LogP contribution in [0.1, 0.15) is 11.1 Å². The summed E-state index contributed by atoms with van der Waals surface area (Å²) < 4.78 is 26.9. The molecule has 1 fully saturated rings. The molecular weight excluding hydrogens is 422 g/mol. The topological polar surface area (TPSA) is 82.2 Å². The van der Waals surface area contributed by atoms with Gasteiger partial charge in [0.25, 0.3) is 0 Å². The second kappa shape index (κ2) is 8.00. The van der Waals surface area contributed by atoms with E-state index in [-0.39, 0.29) is 0 Å². The zero-order valence-electron chi connectivity index (χ0n) is 16.8. The lowest BCUT2D eigenvalue weighted by molar-refractivity contribution is 0.182. The van der Waals surface area contributed by atoms with Gasteiger partial charge in [-0.15, -0.1) is 0 Å². The summed E-state index contributed by atoms with van der Waals surface area (Å²) >= 11 is 6.16. The molecule has 0 spiro atoms. The number of hydrogen-bond acceptors (Lipinski definition) is 5. The molecule has 7 nitrogen and oxygen atoms in total. The quantitative estimate of drug-likeness (QED) is 0.619. The van der Waals surface area contributed by atoms with E-state index in [0.717, 1.165) is 27.7 Å². The van der Waals surface area contributed by atoms with Crippen LogP contribution in [0.25, 0.3) is 22.2 Å². The number of fused-ring (bicyclic) bond motifs is 1. The Kier molecular flexibility index (Phi) is 5.55. The van der Waals surface area contributed by atoms with Crippen molar-refractivity contribution in [1.29, 1.82) is 5.26 Å². The lowest BCUT2D eigenvalue weighted by Gasteiger charge is -2.33. The number of rotatable bonds is 4. The Morgan fingerprint density at radius 1 is 1.17 bits per heavy atom. The number of sulfonamides is 1. The van der Waals surface area contributed by atoms with Gasteiger partial charge >= 0.3 is 0 Å². The average Bonchev–Trinajstić information content (AvgIpc) is 2.99. The van der Waals surface area contributed by atoms with E-state index in [9.17, 15) is 13.7 Å². The highest BCUT2D eigenvalue weighted by molar-refractivity contribution is 7.88. The van der Waals surface area contributed by atoms with Gasteiger partial charge in [-0.1, -0.05) is 11.6 Å². The van der Waals surface area contributed by atoms with Crippen molar-refractivity contribution in [3.63, 3.8) is 0 Å². The third kappa shape index (κ3) is 3.94. The van der Waals surface area contributed by atoms with Gasteiger partial charge in [-0.05, 0) is 29.8 Å². The summed E-state index contributed by atoms with van der Waals surface area (Å²) in [6.07, 6.45) is 4.83. The molecule has 1 saturated heterocycles. The molecule has 0 bridgehead atoms. The van der Waals surface area contributed by atoms with Crippen molar-refractivity contribution in [2.75, 3.05) is 32.4 Å². The van der Waals surface area contributed by atoms with Gasteiger partial charge in [-0.3, -0.25) is 9.88 Å². The summed E-state index contributed by atoms with van der Waals surface area (Å²) in [5, 5.41) is 11.3. The van der Waals surface area contributed by atoms with Gasteiger partial charge < -0.3 is 4.57 Å². The minimum Gasteiger partial charge on any atom is -0.342 e. The molecule has 1 aromatic carbocycles. The highest BCUT2D eigenvalue weighted by atomic mass is 35.5. The SMILES string of the molecule is Cn1c(-c2cncc(CN3CCN(S(C)(=O)=O)CC3)c2)c(C#N)c2ccc(Cl)cc21. The monoisotopic (exact) mass is 443 g/mol. The van der Waals surface area contributed by atoms with Gasteiger partial charge in [0.2, 0.25) is 10.0 Å². The van der Waals surface area contributed by atoms with E-state index in [4.69, 9.17) is 11.6 Å². The van der Waals surface area contributed by atoms with Crippen LogP contribution in [-0.2, 0) is 23.6 Å². The Morgan fingerprint density at radius 2 is 1.90 bits per heavy atom. The summed E-state index contributed by atoms with van der Waals surface area (Å²) in [6, 6.07) is 9.91. The Hall–Kier alpha value is -2.44. The summed E-state index contributed by atoms with van der Waals surface area (Å²) in [7, 11) is -1.22. The Bertz CT molecular complexity index is 1250. The molecule has 0 unspecified atom stereocenters. The highest BCUT2D eigenvalue weighted by Crippen LogP contribution is 2.34. The maximum Gasteiger partial charge on any atom is 0.211 e. The molecule has 9 heteroatoms. The molecule has 1 aliphatic heterocycles. The van der Waals surface area contributed by atoms with Crippen LogP contribution in [-0.4, -0.2) is 59.6 Å². The molecule has 0 atom stereocenters. The summed E-state index contributed by atoms with van der Waals surface area (Å²) in [5.74, 6) is 0. The van der Waals surface area contributed by atoms with Gasteiger partial charge in [-0.2, -0.15) is 9.57 Å². The van der Waals surface area contributed by atoms with Crippen molar-refractivity contribution in [3.05, 3.63) is 52.8 Å². The van der Waals surface area contributed by atoms with E-state index in [0.29, 0.717) is 43.3 Å². The fraction of sp³-hybridized carbons (Fsp3) is 0.333. The van der Waals surface area contributed by atoms with Crippen LogP contribution in [0.15, 0.2) is 36.7 Å². The number of piperazine rings is 1. The predicted octanol–water partition coefficient (Wildman–Crippen LogP) is 2.84. The Balaban J connectivity index is 1.62. The van der Waals surface area contributed by atoms with Gasteiger partial charge in [0.1, 0.15) is 6.07 Å². The van der Waals surface area contributed by atoms with Crippen LogP contribution in [0.5, 0.6) is 0 Å². The first kappa shape index (κ1) is 20.8. The van der Waals surface area contributed by atoms with E-state index in [1.807, 2.05) is 36.0 Å². The highest BCUT2D eigenvalue weighted by Gasteiger charge is 2.24. The van der Waals surface area contributed by atoms with Crippen molar-refractivity contribution < 1.29 is 8.42 Å². The fourth-order valence-corrected chi connectivity index (χ4v) is 5.03. The van der Waals surface area contributed by atoms with Crippen LogP contribution >= 0.6 is 11.6 Å². The number of halogens is 1. The summed E-state index contributed by atoms with van der Waals surface area (Å²) in [4.78, 5) is 6.62. The molecule has 0 saturated carbocycles. The maximum atomic E-state index is 11.7. The van der Waals surface area contributed by atoms with Gasteiger partial charge in [0.05, 0.1) is 23.0 Å². The van der Waals surface area contributed by atoms with Crippen LogP contribution in [0.4, 0.5) is 0 Å². The van der Waals surface area contributed by atoms with Crippen LogP contribution in [0, 0.1) is 11.3 Å². The van der Waals surface area contributed by atoms with Crippen molar-refractivity contribution in [1.82, 2.24) is 18.8 Å². The van der Waals surface area contributed by atoms with Crippen molar-refractivity contribution in [3.8, 4) is 17.3 Å². The first-order valence-electron chi connectivity index (χ1n) is 9.57. The lowest BCUT2D eigenvalue weighted by Crippen LogP contribution is -2.47. The summed E-state index contributed by atoms with van der Waals surface area (Å²) in [6.45, 7) is 3.01. The number of benzene rings is 1. The van der Waals surface area contributed by atoms with Gasteiger partial charge in [0.15, 0.2) is 0 Å². The maximum absolute atomic E-state index is 11.7. The molecule has 3 aromatic rings. The molecule has 0 aliphatic carbocycles. The summed E-state index contributed by atoms with van der Waals surface area (Å²) in [5.41, 5.74) is 4.20. The Morgan fingerprint density at radius 3 is 2.57 bits per heavy atom. The van der Waals surface area contributed by atoms with E-state index in [2.05, 4.69) is 16.0 Å². The molecule has 1 aliphatic rings. The number of aromatic nitrogens is 2. The fourth-order valence-electron chi connectivity index (χ4n) is 4.04. The van der Waals surface area contributed by atoms with E-state index in [1.165, 1.54) is 10.6 Å². The van der Waals surface area contributed by atoms with E-state index < -0.39 is 10.0 Å². The van der Waals surface area contributed by atoms with Gasteiger partial charge in [0, 0.05) is 68.1 Å².